The molecule has 0 saturated heterocycles. The summed E-state index contributed by atoms with van der Waals surface area (Å²) in [7, 11) is 0. The maximum atomic E-state index is 2.30. The number of allylic oxidation sites excluding steroid dienone is 12. The van der Waals surface area contributed by atoms with Crippen LogP contribution in [0.15, 0.2) is 70.9 Å². The predicted octanol–water partition coefficient (Wildman–Crippen LogP) is 4.41. The van der Waals surface area contributed by atoms with Crippen molar-refractivity contribution in [3.63, 3.8) is 0 Å². The Hall–Kier alpha value is -1.56. The summed E-state index contributed by atoms with van der Waals surface area (Å²) in [6, 6.07) is 0. The van der Waals surface area contributed by atoms with Crippen molar-refractivity contribution in [3.8, 4) is 0 Å². The molecule has 0 aromatic carbocycles. The summed E-state index contributed by atoms with van der Waals surface area (Å²) >= 11 is 0. The van der Waals surface area contributed by atoms with Gasteiger partial charge in [0.2, 0.25) is 0 Å². The second-order valence-electron chi connectivity index (χ2n) is 4.52. The molecule has 3 aliphatic carbocycles. The summed E-state index contributed by atoms with van der Waals surface area (Å²) in [4.78, 5) is 0. The summed E-state index contributed by atoms with van der Waals surface area (Å²) in [5.74, 6) is 0. The lowest BCUT2D eigenvalue weighted by Gasteiger charge is -2.20. The molecule has 0 N–H and O–H groups in total. The van der Waals surface area contributed by atoms with E-state index in [2.05, 4.69) is 48.6 Å². The molecule has 1 saturated carbocycles. The molecule has 0 atom stereocenters. The normalized spacial score (nSPS) is 23.0. The first kappa shape index (κ1) is 9.65. The van der Waals surface area contributed by atoms with Gasteiger partial charge in [-0.1, -0.05) is 48.6 Å². The van der Waals surface area contributed by atoms with Crippen molar-refractivity contribution >= 4 is 0 Å². The fourth-order valence-corrected chi connectivity index (χ4v) is 2.67. The molecule has 0 bridgehead atoms. The van der Waals surface area contributed by atoms with Crippen LogP contribution in [0.1, 0.15) is 25.7 Å². The van der Waals surface area contributed by atoms with Crippen molar-refractivity contribution in [3.05, 3.63) is 70.9 Å². The van der Waals surface area contributed by atoms with E-state index in [1.165, 1.54) is 36.8 Å². The van der Waals surface area contributed by atoms with Gasteiger partial charge in [-0.3, -0.25) is 0 Å². The minimum Gasteiger partial charge on any atom is -0.0622 e. The first-order valence-electron chi connectivity index (χ1n) is 6.11. The highest BCUT2D eigenvalue weighted by molar-refractivity contribution is 5.60. The fourth-order valence-electron chi connectivity index (χ4n) is 2.67. The average molecular weight is 208 g/mol. The monoisotopic (exact) mass is 208 g/mol. The van der Waals surface area contributed by atoms with Crippen molar-refractivity contribution in [2.24, 2.45) is 0 Å². The highest BCUT2D eigenvalue weighted by atomic mass is 14.2. The van der Waals surface area contributed by atoms with Crippen LogP contribution < -0.4 is 0 Å². The van der Waals surface area contributed by atoms with Crippen LogP contribution in [-0.4, -0.2) is 0 Å². The number of fused-ring (bicyclic) bond motifs is 2. The lowest BCUT2D eigenvalue weighted by atomic mass is 9.85. The molecular formula is C16H16. The van der Waals surface area contributed by atoms with Crippen LogP contribution >= 0.6 is 0 Å². The van der Waals surface area contributed by atoms with Gasteiger partial charge in [0, 0.05) is 0 Å². The van der Waals surface area contributed by atoms with E-state index in [1.807, 2.05) is 0 Å². The fraction of sp³-hybridized carbons (Fsp3) is 0.250. The molecule has 0 radical (unpaired) electrons. The summed E-state index contributed by atoms with van der Waals surface area (Å²) in [6.07, 6.45) is 22.8. The number of rotatable bonds is 0. The zero-order valence-electron chi connectivity index (χ0n) is 9.45. The largest absolute Gasteiger partial charge is 0.0622 e. The summed E-state index contributed by atoms with van der Waals surface area (Å²) < 4.78 is 0. The third kappa shape index (κ3) is 1.65. The molecule has 0 aromatic rings. The average Bonchev–Trinajstić information content (AvgIpc) is 2.62. The molecule has 0 unspecified atom stereocenters. The van der Waals surface area contributed by atoms with Crippen molar-refractivity contribution in [2.75, 3.05) is 0 Å². The van der Waals surface area contributed by atoms with E-state index in [0.717, 1.165) is 0 Å². The van der Waals surface area contributed by atoms with Crippen molar-refractivity contribution in [2.45, 2.75) is 25.7 Å². The third-order valence-corrected chi connectivity index (χ3v) is 3.48. The van der Waals surface area contributed by atoms with Crippen molar-refractivity contribution < 1.29 is 0 Å². The maximum absolute atomic E-state index is 2.30. The zero-order chi connectivity index (χ0) is 10.8. The Morgan fingerprint density at radius 2 is 1.69 bits per heavy atom. The van der Waals surface area contributed by atoms with E-state index < -0.39 is 0 Å². The smallest absolute Gasteiger partial charge is 0.0149 e. The van der Waals surface area contributed by atoms with Crippen LogP contribution in [-0.2, 0) is 0 Å². The molecule has 0 aliphatic heterocycles. The zero-order valence-corrected chi connectivity index (χ0v) is 9.45. The standard InChI is InChI=1S/C16H16/c1-2-7-13-9-6-10-14-8-4-5-12-16(14)15(13)11-3-1/h1-3,6-7,9-11H,4-5,8,12H2. The van der Waals surface area contributed by atoms with E-state index in [4.69, 9.17) is 0 Å². The summed E-state index contributed by atoms with van der Waals surface area (Å²) in [6.45, 7) is 0. The van der Waals surface area contributed by atoms with Crippen molar-refractivity contribution in [1.82, 2.24) is 0 Å². The molecule has 0 aromatic heterocycles. The van der Waals surface area contributed by atoms with Crippen LogP contribution in [0, 0.1) is 0 Å². The molecule has 0 spiro atoms. The van der Waals surface area contributed by atoms with E-state index in [-0.39, 0.29) is 0 Å². The van der Waals surface area contributed by atoms with E-state index in [1.54, 1.807) is 11.1 Å². The highest BCUT2D eigenvalue weighted by Gasteiger charge is 2.17. The van der Waals surface area contributed by atoms with Gasteiger partial charge in [0.25, 0.3) is 0 Å². The second-order valence-corrected chi connectivity index (χ2v) is 4.52. The minimum atomic E-state index is 1.24. The molecule has 80 valence electrons. The van der Waals surface area contributed by atoms with Crippen LogP contribution in [0.4, 0.5) is 0 Å². The Morgan fingerprint density at radius 3 is 2.69 bits per heavy atom. The van der Waals surface area contributed by atoms with Crippen LogP contribution in [0.5, 0.6) is 0 Å². The molecular weight excluding hydrogens is 192 g/mol. The minimum absolute atomic E-state index is 1.24. The SMILES string of the molecule is C1=CC=C2C=CC=C3CCCCC3=C2C=C1. The van der Waals surface area contributed by atoms with Gasteiger partial charge in [-0.15, -0.1) is 0 Å². The van der Waals surface area contributed by atoms with Crippen molar-refractivity contribution in [1.29, 1.82) is 0 Å². The van der Waals surface area contributed by atoms with Gasteiger partial charge in [0.1, 0.15) is 0 Å². The number of hydrogen-bond donors (Lipinski definition) is 0. The van der Waals surface area contributed by atoms with Gasteiger partial charge in [0.15, 0.2) is 0 Å². The van der Waals surface area contributed by atoms with E-state index >= 15 is 0 Å². The van der Waals surface area contributed by atoms with Gasteiger partial charge in [-0.25, -0.2) is 0 Å². The summed E-state index contributed by atoms with van der Waals surface area (Å²) in [5, 5.41) is 0. The van der Waals surface area contributed by atoms with Crippen LogP contribution in [0.25, 0.3) is 0 Å². The highest BCUT2D eigenvalue weighted by Crippen LogP contribution is 2.36. The maximum Gasteiger partial charge on any atom is -0.0149 e. The van der Waals surface area contributed by atoms with Gasteiger partial charge in [0.05, 0.1) is 0 Å². The third-order valence-electron chi connectivity index (χ3n) is 3.48. The van der Waals surface area contributed by atoms with Crippen LogP contribution in [0.3, 0.4) is 0 Å². The Bertz CT molecular complexity index is 476. The topological polar surface area (TPSA) is 0 Å². The Balaban J connectivity index is 2.17. The van der Waals surface area contributed by atoms with Gasteiger partial charge in [-0.2, -0.15) is 0 Å². The lowest BCUT2D eigenvalue weighted by Crippen LogP contribution is -2.01. The molecule has 0 heteroatoms. The van der Waals surface area contributed by atoms with E-state index in [9.17, 15) is 0 Å². The van der Waals surface area contributed by atoms with Gasteiger partial charge >= 0.3 is 0 Å². The molecule has 0 amide bonds. The quantitative estimate of drug-likeness (QED) is 0.553. The molecule has 1 fully saturated rings. The molecule has 3 rings (SSSR count). The second kappa shape index (κ2) is 4.13. The predicted molar refractivity (Wildman–Crippen MR) is 69.1 cm³/mol. The summed E-state index contributed by atoms with van der Waals surface area (Å²) in [5.41, 5.74) is 5.91. The Kier molecular flexibility index (Phi) is 2.49. The molecule has 16 heavy (non-hydrogen) atoms. The number of hydrogen-bond acceptors (Lipinski definition) is 0. The Morgan fingerprint density at radius 1 is 0.750 bits per heavy atom. The van der Waals surface area contributed by atoms with E-state index in [0.29, 0.717) is 0 Å². The van der Waals surface area contributed by atoms with Gasteiger partial charge in [-0.05, 0) is 48.0 Å². The molecule has 0 heterocycles. The van der Waals surface area contributed by atoms with Gasteiger partial charge < -0.3 is 0 Å². The Labute approximate surface area is 97.1 Å². The lowest BCUT2D eigenvalue weighted by molar-refractivity contribution is 0.677. The molecule has 0 nitrogen and oxygen atoms in total. The molecule has 3 aliphatic rings. The first-order valence-corrected chi connectivity index (χ1v) is 6.11. The van der Waals surface area contributed by atoms with Crippen LogP contribution in [0.2, 0.25) is 0 Å². The first-order chi connectivity index (χ1) is 7.95.